The molecule has 1 aromatic rings. The number of aliphatic imine (C=N–C) groups is 1. The lowest BCUT2D eigenvalue weighted by molar-refractivity contribution is -0.106. The molecule has 3 atom stereocenters. The van der Waals surface area contributed by atoms with Crippen molar-refractivity contribution in [2.75, 3.05) is 13.7 Å². The highest BCUT2D eigenvalue weighted by Crippen LogP contribution is 2.52. The first-order valence-corrected chi connectivity index (χ1v) is 9.56. The van der Waals surface area contributed by atoms with E-state index in [0.29, 0.717) is 18.1 Å². The zero-order valence-electron chi connectivity index (χ0n) is 16.5. The Kier molecular flexibility index (Phi) is 5.09. The van der Waals surface area contributed by atoms with Gasteiger partial charge in [0.05, 0.1) is 11.8 Å². The van der Waals surface area contributed by atoms with Gasteiger partial charge in [-0.05, 0) is 19.3 Å². The van der Waals surface area contributed by atoms with Crippen molar-refractivity contribution in [1.82, 2.24) is 20.4 Å². The summed E-state index contributed by atoms with van der Waals surface area (Å²) in [5.74, 6) is 1.47. The monoisotopic (exact) mass is 347 g/mol. The summed E-state index contributed by atoms with van der Waals surface area (Å²) in [6.45, 7) is 10.6. The molecule has 1 saturated heterocycles. The van der Waals surface area contributed by atoms with Gasteiger partial charge in [0.1, 0.15) is 0 Å². The molecule has 6 nitrogen and oxygen atoms in total. The van der Waals surface area contributed by atoms with Crippen molar-refractivity contribution in [1.29, 1.82) is 0 Å². The van der Waals surface area contributed by atoms with Crippen molar-refractivity contribution >= 4 is 5.96 Å². The zero-order chi connectivity index (χ0) is 18.2. The molecule has 2 N–H and O–H groups in total. The summed E-state index contributed by atoms with van der Waals surface area (Å²) in [5.41, 5.74) is 3.94. The molecule has 1 aliphatic heterocycles. The number of nitrogens with zero attached hydrogens (tertiary/aromatic N) is 3. The molecule has 0 spiro atoms. The highest BCUT2D eigenvalue weighted by molar-refractivity contribution is 5.80. The number of rotatable bonds is 5. The number of fused-ring (bicyclic) bond motifs is 1. The molecule has 2 heterocycles. The highest BCUT2D eigenvalue weighted by Gasteiger charge is 2.59. The molecule has 25 heavy (non-hydrogen) atoms. The van der Waals surface area contributed by atoms with Gasteiger partial charge in [0.15, 0.2) is 5.96 Å². The van der Waals surface area contributed by atoms with Gasteiger partial charge in [-0.15, -0.1) is 0 Å². The van der Waals surface area contributed by atoms with Gasteiger partial charge >= 0.3 is 0 Å². The molecule has 0 amide bonds. The lowest BCUT2D eigenvalue weighted by Gasteiger charge is -2.54. The minimum Gasteiger partial charge on any atom is -0.377 e. The van der Waals surface area contributed by atoms with Crippen LogP contribution < -0.4 is 10.6 Å². The largest absolute Gasteiger partial charge is 0.377 e. The van der Waals surface area contributed by atoms with E-state index in [0.717, 1.165) is 38.4 Å². The van der Waals surface area contributed by atoms with E-state index in [1.54, 1.807) is 0 Å². The molecule has 3 rings (SSSR count). The van der Waals surface area contributed by atoms with Crippen LogP contribution in [0, 0.1) is 11.3 Å². The Labute approximate surface area is 151 Å². The average molecular weight is 348 g/mol. The Morgan fingerprint density at radius 1 is 1.36 bits per heavy atom. The predicted octanol–water partition coefficient (Wildman–Crippen LogP) is 2.02. The third-order valence-electron chi connectivity index (χ3n) is 6.08. The SMILES string of the molecule is CCc1nn(C)c(CC)c1CNC(=NC)NC1C2CCOC2C1(C)C. The Morgan fingerprint density at radius 2 is 2.12 bits per heavy atom. The molecule has 140 valence electrons. The summed E-state index contributed by atoms with van der Waals surface area (Å²) < 4.78 is 7.91. The van der Waals surface area contributed by atoms with Crippen LogP contribution in [-0.2, 0) is 31.2 Å². The standard InChI is InChI=1S/C19H33N5O/c1-7-14-13(15(8-2)24(6)23-14)11-21-18(20-5)22-16-12-9-10-25-17(12)19(16,3)4/h12,16-17H,7-11H2,1-6H3,(H2,20,21,22). The van der Waals surface area contributed by atoms with Crippen molar-refractivity contribution in [3.05, 3.63) is 17.0 Å². The normalized spacial score (nSPS) is 27.8. The summed E-state index contributed by atoms with van der Waals surface area (Å²) in [6.07, 6.45) is 3.47. The van der Waals surface area contributed by atoms with E-state index in [9.17, 15) is 0 Å². The van der Waals surface area contributed by atoms with Crippen molar-refractivity contribution in [2.45, 2.75) is 65.6 Å². The molecule has 3 unspecified atom stereocenters. The summed E-state index contributed by atoms with van der Waals surface area (Å²) in [6, 6.07) is 0.413. The van der Waals surface area contributed by atoms with Gasteiger partial charge in [-0.3, -0.25) is 9.67 Å². The molecule has 2 fully saturated rings. The second-order valence-corrected chi connectivity index (χ2v) is 7.82. The maximum Gasteiger partial charge on any atom is 0.191 e. The van der Waals surface area contributed by atoms with Gasteiger partial charge in [0, 0.05) is 55.9 Å². The third kappa shape index (κ3) is 3.05. The summed E-state index contributed by atoms with van der Waals surface area (Å²) in [5, 5.41) is 11.8. The first-order valence-electron chi connectivity index (χ1n) is 9.56. The van der Waals surface area contributed by atoms with Crippen LogP contribution >= 0.6 is 0 Å². The van der Waals surface area contributed by atoms with E-state index < -0.39 is 0 Å². The fourth-order valence-electron chi connectivity index (χ4n) is 4.73. The number of hydrogen-bond donors (Lipinski definition) is 2. The van der Waals surface area contributed by atoms with Crippen LogP contribution in [0.5, 0.6) is 0 Å². The maximum absolute atomic E-state index is 5.89. The molecule has 0 radical (unpaired) electrons. The quantitative estimate of drug-likeness (QED) is 0.632. The van der Waals surface area contributed by atoms with E-state index >= 15 is 0 Å². The first kappa shape index (κ1) is 18.2. The molecule has 0 bridgehead atoms. The minimum absolute atomic E-state index is 0.149. The number of ether oxygens (including phenoxy) is 1. The second kappa shape index (κ2) is 6.98. The van der Waals surface area contributed by atoms with Gasteiger partial charge < -0.3 is 15.4 Å². The summed E-state index contributed by atoms with van der Waals surface area (Å²) in [4.78, 5) is 4.45. The third-order valence-corrected chi connectivity index (χ3v) is 6.08. The van der Waals surface area contributed by atoms with Gasteiger partial charge in [0.25, 0.3) is 0 Å². The number of aryl methyl sites for hydroxylation is 2. The number of guanidine groups is 1. The van der Waals surface area contributed by atoms with Crippen LogP contribution in [-0.4, -0.2) is 41.5 Å². The minimum atomic E-state index is 0.149. The maximum atomic E-state index is 5.89. The van der Waals surface area contributed by atoms with Crippen LogP contribution in [0.15, 0.2) is 4.99 Å². The Morgan fingerprint density at radius 3 is 2.76 bits per heavy atom. The van der Waals surface area contributed by atoms with Crippen LogP contribution in [0.1, 0.15) is 51.1 Å². The van der Waals surface area contributed by atoms with E-state index in [4.69, 9.17) is 4.74 Å². The van der Waals surface area contributed by atoms with Gasteiger partial charge in [0.2, 0.25) is 0 Å². The van der Waals surface area contributed by atoms with Crippen LogP contribution in [0.3, 0.4) is 0 Å². The van der Waals surface area contributed by atoms with E-state index in [2.05, 4.69) is 48.4 Å². The lowest BCUT2D eigenvalue weighted by atomic mass is 9.57. The molecule has 1 aromatic heterocycles. The van der Waals surface area contributed by atoms with Gasteiger partial charge in [-0.25, -0.2) is 0 Å². The summed E-state index contributed by atoms with van der Waals surface area (Å²) >= 11 is 0. The number of hydrogen-bond acceptors (Lipinski definition) is 3. The lowest BCUT2D eigenvalue weighted by Crippen LogP contribution is -2.67. The van der Waals surface area contributed by atoms with Gasteiger partial charge in [-0.2, -0.15) is 5.10 Å². The molecule has 1 aliphatic carbocycles. The van der Waals surface area contributed by atoms with Crippen molar-refractivity contribution < 1.29 is 4.74 Å². The number of aromatic nitrogens is 2. The highest BCUT2D eigenvalue weighted by atomic mass is 16.5. The summed E-state index contributed by atoms with van der Waals surface area (Å²) in [7, 11) is 3.88. The van der Waals surface area contributed by atoms with E-state index in [1.165, 1.54) is 17.0 Å². The van der Waals surface area contributed by atoms with E-state index in [1.807, 2.05) is 18.8 Å². The fraction of sp³-hybridized carbons (Fsp3) is 0.789. The Hall–Kier alpha value is -1.56. The van der Waals surface area contributed by atoms with Crippen molar-refractivity contribution in [2.24, 2.45) is 23.4 Å². The van der Waals surface area contributed by atoms with Crippen LogP contribution in [0.2, 0.25) is 0 Å². The molecule has 2 aliphatic rings. The molecular formula is C19H33N5O. The first-order chi connectivity index (χ1) is 11.9. The van der Waals surface area contributed by atoms with Crippen molar-refractivity contribution in [3.63, 3.8) is 0 Å². The zero-order valence-corrected chi connectivity index (χ0v) is 16.5. The smallest absolute Gasteiger partial charge is 0.191 e. The fourth-order valence-corrected chi connectivity index (χ4v) is 4.73. The molecule has 6 heteroatoms. The predicted molar refractivity (Wildman–Crippen MR) is 101 cm³/mol. The number of nitrogens with one attached hydrogen (secondary N) is 2. The molecule has 0 aromatic carbocycles. The average Bonchev–Trinajstić information content (AvgIpc) is 3.17. The topological polar surface area (TPSA) is 63.5 Å². The van der Waals surface area contributed by atoms with Gasteiger partial charge in [-0.1, -0.05) is 27.7 Å². The molecule has 1 saturated carbocycles. The second-order valence-electron chi connectivity index (χ2n) is 7.82. The Balaban J connectivity index is 1.66. The molecular weight excluding hydrogens is 314 g/mol. The van der Waals surface area contributed by atoms with E-state index in [-0.39, 0.29) is 5.41 Å². The van der Waals surface area contributed by atoms with Crippen molar-refractivity contribution in [3.8, 4) is 0 Å². The Bertz CT molecular complexity index is 648. The van der Waals surface area contributed by atoms with Crippen LogP contribution in [0.25, 0.3) is 0 Å². The van der Waals surface area contributed by atoms with Crippen LogP contribution in [0.4, 0.5) is 0 Å².